The second-order valence-corrected chi connectivity index (χ2v) is 5.74. The quantitative estimate of drug-likeness (QED) is 0.924. The molecule has 1 aliphatic rings. The number of carbonyl (C=O) groups is 1. The molecule has 1 atom stereocenters. The predicted octanol–water partition coefficient (Wildman–Crippen LogP) is 1.94. The van der Waals surface area contributed by atoms with Crippen LogP contribution in [0.15, 0.2) is 0 Å². The summed E-state index contributed by atoms with van der Waals surface area (Å²) in [6, 6.07) is 0. The lowest BCUT2D eigenvalue weighted by Crippen LogP contribution is -2.42. The first kappa shape index (κ1) is 15.3. The first-order valence-corrected chi connectivity index (χ1v) is 7.63. The fourth-order valence-electron chi connectivity index (χ4n) is 2.87. The molecule has 112 valence electrons. The Morgan fingerprint density at radius 1 is 1.55 bits per heavy atom. The summed E-state index contributed by atoms with van der Waals surface area (Å²) < 4.78 is 1.68. The third-order valence-corrected chi connectivity index (χ3v) is 4.26. The topological polar surface area (TPSA) is 50.2 Å². The number of nitrogens with zero attached hydrogens (tertiary/aromatic N) is 3. The molecule has 0 aliphatic carbocycles. The predicted molar refractivity (Wildman–Crippen MR) is 80.2 cm³/mol. The Balaban J connectivity index is 2.16. The molecule has 0 bridgehead atoms. The fourth-order valence-corrected chi connectivity index (χ4v) is 3.24. The van der Waals surface area contributed by atoms with E-state index in [1.54, 1.807) is 4.68 Å². The van der Waals surface area contributed by atoms with E-state index in [2.05, 4.69) is 10.4 Å². The maximum Gasteiger partial charge on any atom is 0.258 e. The van der Waals surface area contributed by atoms with E-state index in [1.165, 1.54) is 6.42 Å². The number of amides is 1. The highest BCUT2D eigenvalue weighted by molar-refractivity contribution is 6.33. The number of hydrogen-bond donors (Lipinski definition) is 1. The fraction of sp³-hybridized carbons (Fsp3) is 0.714. The van der Waals surface area contributed by atoms with E-state index < -0.39 is 0 Å². The van der Waals surface area contributed by atoms with Crippen LogP contribution < -0.4 is 5.32 Å². The van der Waals surface area contributed by atoms with E-state index >= 15 is 0 Å². The highest BCUT2D eigenvalue weighted by Crippen LogP contribution is 2.24. The number of likely N-dealkylation sites (tertiary alicyclic amines) is 1. The van der Waals surface area contributed by atoms with Gasteiger partial charge in [0.05, 0.1) is 11.3 Å². The van der Waals surface area contributed by atoms with Crippen LogP contribution in [0.1, 0.15) is 35.8 Å². The standard InChI is InChI=1S/C14H23ClN4O/c1-4-19-13(15)12(10(2)17-19)14(20)18-7-5-6-11(9-18)8-16-3/h11,16H,4-9H2,1-3H3. The van der Waals surface area contributed by atoms with Gasteiger partial charge in [-0.1, -0.05) is 11.6 Å². The van der Waals surface area contributed by atoms with Gasteiger partial charge in [-0.25, -0.2) is 0 Å². The Morgan fingerprint density at radius 3 is 2.90 bits per heavy atom. The van der Waals surface area contributed by atoms with Crippen LogP contribution in [0.4, 0.5) is 0 Å². The Kier molecular flexibility index (Phi) is 5.05. The molecule has 0 spiro atoms. The molecule has 0 saturated carbocycles. The Bertz CT molecular complexity index is 484. The number of rotatable bonds is 4. The molecule has 6 heteroatoms. The van der Waals surface area contributed by atoms with Gasteiger partial charge in [0.2, 0.25) is 0 Å². The molecule has 1 saturated heterocycles. The third-order valence-electron chi connectivity index (χ3n) is 3.88. The van der Waals surface area contributed by atoms with Gasteiger partial charge >= 0.3 is 0 Å². The molecule has 1 unspecified atom stereocenters. The van der Waals surface area contributed by atoms with Crippen LogP contribution >= 0.6 is 11.6 Å². The summed E-state index contributed by atoms with van der Waals surface area (Å²) in [4.78, 5) is 14.6. The lowest BCUT2D eigenvalue weighted by molar-refractivity contribution is 0.0673. The number of aromatic nitrogens is 2. The van der Waals surface area contributed by atoms with E-state index in [0.29, 0.717) is 23.2 Å². The molecular weight excluding hydrogens is 276 g/mol. The van der Waals surface area contributed by atoms with Gasteiger partial charge in [0.25, 0.3) is 5.91 Å². The van der Waals surface area contributed by atoms with Crippen molar-refractivity contribution in [3.05, 3.63) is 16.4 Å². The Hall–Kier alpha value is -1.07. The molecule has 1 fully saturated rings. The van der Waals surface area contributed by atoms with Crippen LogP contribution in [-0.2, 0) is 6.54 Å². The van der Waals surface area contributed by atoms with Crippen molar-refractivity contribution in [3.63, 3.8) is 0 Å². The number of carbonyl (C=O) groups excluding carboxylic acids is 1. The average Bonchev–Trinajstić information content (AvgIpc) is 2.73. The van der Waals surface area contributed by atoms with E-state index in [9.17, 15) is 4.79 Å². The van der Waals surface area contributed by atoms with Crippen molar-refractivity contribution in [1.29, 1.82) is 0 Å². The van der Waals surface area contributed by atoms with E-state index in [4.69, 9.17) is 11.6 Å². The SMILES string of the molecule is CCn1nc(C)c(C(=O)N2CCCC(CNC)C2)c1Cl. The molecular formula is C14H23ClN4O. The lowest BCUT2D eigenvalue weighted by atomic mass is 9.97. The van der Waals surface area contributed by atoms with Gasteiger partial charge in [0, 0.05) is 19.6 Å². The van der Waals surface area contributed by atoms with Crippen LogP contribution in [0, 0.1) is 12.8 Å². The van der Waals surface area contributed by atoms with Gasteiger partial charge in [-0.15, -0.1) is 0 Å². The van der Waals surface area contributed by atoms with Gasteiger partial charge in [0.15, 0.2) is 0 Å². The normalized spacial score (nSPS) is 19.4. The first-order valence-electron chi connectivity index (χ1n) is 7.25. The zero-order valence-electron chi connectivity index (χ0n) is 12.4. The highest BCUT2D eigenvalue weighted by Gasteiger charge is 2.28. The maximum atomic E-state index is 12.7. The lowest BCUT2D eigenvalue weighted by Gasteiger charge is -2.32. The van der Waals surface area contributed by atoms with Crippen LogP contribution in [-0.4, -0.2) is 47.3 Å². The van der Waals surface area contributed by atoms with E-state index in [0.717, 1.165) is 31.7 Å². The van der Waals surface area contributed by atoms with Gasteiger partial charge in [-0.05, 0) is 46.2 Å². The van der Waals surface area contributed by atoms with Crippen molar-refractivity contribution >= 4 is 17.5 Å². The Labute approximate surface area is 125 Å². The smallest absolute Gasteiger partial charge is 0.258 e. The molecule has 0 radical (unpaired) electrons. The molecule has 2 rings (SSSR count). The van der Waals surface area contributed by atoms with Gasteiger partial charge in [-0.3, -0.25) is 9.48 Å². The van der Waals surface area contributed by atoms with Crippen molar-refractivity contribution in [1.82, 2.24) is 20.0 Å². The number of hydrogen-bond acceptors (Lipinski definition) is 3. The van der Waals surface area contributed by atoms with Gasteiger partial charge in [0.1, 0.15) is 5.15 Å². The van der Waals surface area contributed by atoms with Crippen molar-refractivity contribution in [2.45, 2.75) is 33.2 Å². The van der Waals surface area contributed by atoms with Crippen LogP contribution in [0.3, 0.4) is 0 Å². The maximum absolute atomic E-state index is 12.7. The van der Waals surface area contributed by atoms with Crippen molar-refractivity contribution < 1.29 is 4.79 Å². The summed E-state index contributed by atoms with van der Waals surface area (Å²) in [6.45, 7) is 7.05. The van der Waals surface area contributed by atoms with Crippen molar-refractivity contribution in [2.24, 2.45) is 5.92 Å². The van der Waals surface area contributed by atoms with Gasteiger partial charge < -0.3 is 10.2 Å². The van der Waals surface area contributed by atoms with Crippen molar-refractivity contribution in [2.75, 3.05) is 26.7 Å². The molecule has 1 N–H and O–H groups in total. The zero-order chi connectivity index (χ0) is 14.7. The number of piperidine rings is 1. The molecule has 1 aromatic rings. The first-order chi connectivity index (χ1) is 9.58. The summed E-state index contributed by atoms with van der Waals surface area (Å²) in [5.74, 6) is 0.547. The summed E-state index contributed by atoms with van der Waals surface area (Å²) in [7, 11) is 1.95. The monoisotopic (exact) mass is 298 g/mol. The minimum absolute atomic E-state index is 0.0213. The molecule has 2 heterocycles. The van der Waals surface area contributed by atoms with Crippen LogP contribution in [0.25, 0.3) is 0 Å². The van der Waals surface area contributed by atoms with Crippen molar-refractivity contribution in [3.8, 4) is 0 Å². The Morgan fingerprint density at radius 2 is 2.30 bits per heavy atom. The molecule has 5 nitrogen and oxygen atoms in total. The van der Waals surface area contributed by atoms with Gasteiger partial charge in [-0.2, -0.15) is 5.10 Å². The van der Waals surface area contributed by atoms with Crippen LogP contribution in [0.5, 0.6) is 0 Å². The summed E-state index contributed by atoms with van der Waals surface area (Å²) in [5, 5.41) is 7.98. The molecule has 1 aliphatic heterocycles. The number of halogens is 1. The molecule has 0 aromatic carbocycles. The van der Waals surface area contributed by atoms with E-state index in [-0.39, 0.29) is 5.91 Å². The molecule has 20 heavy (non-hydrogen) atoms. The summed E-state index contributed by atoms with van der Waals surface area (Å²) in [5.41, 5.74) is 1.29. The summed E-state index contributed by atoms with van der Waals surface area (Å²) >= 11 is 6.28. The summed E-state index contributed by atoms with van der Waals surface area (Å²) in [6.07, 6.45) is 2.22. The second-order valence-electron chi connectivity index (χ2n) is 5.38. The largest absolute Gasteiger partial charge is 0.338 e. The minimum atomic E-state index is 0.0213. The number of aryl methyl sites for hydroxylation is 2. The highest BCUT2D eigenvalue weighted by atomic mass is 35.5. The third kappa shape index (κ3) is 2.99. The van der Waals surface area contributed by atoms with E-state index in [1.807, 2.05) is 25.8 Å². The molecule has 1 amide bonds. The molecule has 1 aromatic heterocycles. The minimum Gasteiger partial charge on any atom is -0.338 e. The number of nitrogens with one attached hydrogen (secondary N) is 1. The average molecular weight is 299 g/mol. The second kappa shape index (κ2) is 6.59. The zero-order valence-corrected chi connectivity index (χ0v) is 13.2. The van der Waals surface area contributed by atoms with Crippen LogP contribution in [0.2, 0.25) is 5.15 Å².